The number of hydrogen-bond acceptors (Lipinski definition) is 2. The van der Waals surface area contributed by atoms with Gasteiger partial charge >= 0.3 is 5.97 Å². The van der Waals surface area contributed by atoms with Crippen LogP contribution < -0.4 is 5.32 Å². The van der Waals surface area contributed by atoms with Crippen LogP contribution in [0.3, 0.4) is 0 Å². The highest BCUT2D eigenvalue weighted by Gasteiger charge is 2.17. The molecular formula is C18H19NO3. The zero-order valence-corrected chi connectivity index (χ0v) is 12.7. The van der Waals surface area contributed by atoms with E-state index in [1.165, 1.54) is 6.07 Å². The second kappa shape index (κ2) is 6.89. The molecule has 2 aromatic rings. The molecule has 1 amide bonds. The molecule has 0 aliphatic heterocycles. The quantitative estimate of drug-likeness (QED) is 0.887. The van der Waals surface area contributed by atoms with Gasteiger partial charge in [0.1, 0.15) is 0 Å². The summed E-state index contributed by atoms with van der Waals surface area (Å²) in [7, 11) is 0. The van der Waals surface area contributed by atoms with Gasteiger partial charge in [-0.2, -0.15) is 0 Å². The molecule has 4 heteroatoms. The van der Waals surface area contributed by atoms with Crippen molar-refractivity contribution in [1.82, 2.24) is 0 Å². The van der Waals surface area contributed by atoms with E-state index in [9.17, 15) is 9.59 Å². The van der Waals surface area contributed by atoms with Crippen molar-refractivity contribution in [3.8, 4) is 0 Å². The number of carbonyl (C=O) groups excluding carboxylic acids is 1. The van der Waals surface area contributed by atoms with Gasteiger partial charge in [-0.15, -0.1) is 0 Å². The van der Waals surface area contributed by atoms with E-state index in [-0.39, 0.29) is 17.4 Å². The van der Waals surface area contributed by atoms with Crippen LogP contribution >= 0.6 is 0 Å². The number of carboxylic acids is 1. The number of rotatable bonds is 5. The van der Waals surface area contributed by atoms with Crippen molar-refractivity contribution < 1.29 is 14.7 Å². The first-order valence-electron chi connectivity index (χ1n) is 7.16. The smallest absolute Gasteiger partial charge is 0.337 e. The molecule has 4 nitrogen and oxygen atoms in total. The van der Waals surface area contributed by atoms with Gasteiger partial charge in [-0.1, -0.05) is 43.3 Å². The fourth-order valence-electron chi connectivity index (χ4n) is 2.30. The lowest BCUT2D eigenvalue weighted by molar-refractivity contribution is -0.119. The maximum atomic E-state index is 12.3. The summed E-state index contributed by atoms with van der Waals surface area (Å²) in [5.41, 5.74) is 2.69. The van der Waals surface area contributed by atoms with Crippen molar-refractivity contribution in [1.29, 1.82) is 0 Å². The molecule has 114 valence electrons. The molecular weight excluding hydrogens is 278 g/mol. The lowest BCUT2D eigenvalue weighted by atomic mass is 9.97. The molecule has 0 aliphatic carbocycles. The summed E-state index contributed by atoms with van der Waals surface area (Å²) in [6.45, 7) is 3.85. The number of para-hydroxylation sites is 1. The van der Waals surface area contributed by atoms with E-state index in [1.807, 2.05) is 38.1 Å². The third-order valence-corrected chi connectivity index (χ3v) is 3.65. The van der Waals surface area contributed by atoms with Crippen LogP contribution in [-0.2, 0) is 11.2 Å². The Labute approximate surface area is 129 Å². The fraction of sp³-hybridized carbons (Fsp3) is 0.222. The van der Waals surface area contributed by atoms with E-state index in [2.05, 4.69) is 5.32 Å². The molecule has 2 N–H and O–H groups in total. The summed E-state index contributed by atoms with van der Waals surface area (Å²) in [4.78, 5) is 23.5. The molecule has 0 saturated heterocycles. The van der Waals surface area contributed by atoms with Crippen LogP contribution in [0.4, 0.5) is 5.69 Å². The maximum Gasteiger partial charge on any atom is 0.337 e. The van der Waals surface area contributed by atoms with Crippen LogP contribution in [0.2, 0.25) is 0 Å². The summed E-state index contributed by atoms with van der Waals surface area (Å²) in [5.74, 6) is -1.48. The Bertz CT molecular complexity index is 694. The summed E-state index contributed by atoms with van der Waals surface area (Å²) < 4.78 is 0. The van der Waals surface area contributed by atoms with Gasteiger partial charge in [-0.25, -0.2) is 4.79 Å². The molecule has 1 atom stereocenters. The maximum absolute atomic E-state index is 12.3. The topological polar surface area (TPSA) is 66.4 Å². The molecule has 0 spiro atoms. The Hall–Kier alpha value is -2.62. The van der Waals surface area contributed by atoms with Crippen LogP contribution in [-0.4, -0.2) is 17.0 Å². The van der Waals surface area contributed by atoms with E-state index in [1.54, 1.807) is 18.2 Å². The first kappa shape index (κ1) is 15.8. The molecule has 22 heavy (non-hydrogen) atoms. The summed E-state index contributed by atoms with van der Waals surface area (Å²) in [6, 6.07) is 14.3. The lowest BCUT2D eigenvalue weighted by Crippen LogP contribution is -2.23. The largest absolute Gasteiger partial charge is 0.478 e. The van der Waals surface area contributed by atoms with E-state index in [4.69, 9.17) is 5.11 Å². The van der Waals surface area contributed by atoms with Crippen molar-refractivity contribution in [2.24, 2.45) is 5.92 Å². The van der Waals surface area contributed by atoms with Crippen LogP contribution in [0.5, 0.6) is 0 Å². The first-order valence-corrected chi connectivity index (χ1v) is 7.16. The number of carbonyl (C=O) groups is 2. The highest BCUT2D eigenvalue weighted by molar-refractivity contribution is 6.01. The lowest BCUT2D eigenvalue weighted by Gasteiger charge is -2.15. The molecule has 0 saturated carbocycles. The molecule has 2 aromatic carbocycles. The van der Waals surface area contributed by atoms with Gasteiger partial charge in [0.15, 0.2) is 0 Å². The molecule has 0 fully saturated rings. The third-order valence-electron chi connectivity index (χ3n) is 3.65. The minimum absolute atomic E-state index is 0.0962. The van der Waals surface area contributed by atoms with Gasteiger partial charge in [0.2, 0.25) is 5.91 Å². The molecule has 0 heterocycles. The third kappa shape index (κ3) is 3.73. The second-order valence-electron chi connectivity index (χ2n) is 5.37. The van der Waals surface area contributed by atoms with E-state index in [0.29, 0.717) is 12.1 Å². The average molecular weight is 297 g/mol. The van der Waals surface area contributed by atoms with Crippen molar-refractivity contribution in [3.63, 3.8) is 0 Å². The standard InChI is InChI=1S/C18H19NO3/c1-12-7-3-4-8-14(12)11-13(2)17(20)19-16-10-6-5-9-15(16)18(21)22/h3-10,13H,11H2,1-2H3,(H,19,20)(H,21,22). The van der Waals surface area contributed by atoms with Crippen LogP contribution in [0.25, 0.3) is 0 Å². The van der Waals surface area contributed by atoms with Gasteiger partial charge in [0.25, 0.3) is 0 Å². The Morgan fingerprint density at radius 1 is 1.09 bits per heavy atom. The Balaban J connectivity index is 2.09. The highest BCUT2D eigenvalue weighted by Crippen LogP contribution is 2.18. The normalized spacial score (nSPS) is 11.7. The van der Waals surface area contributed by atoms with Crippen LogP contribution in [0.15, 0.2) is 48.5 Å². The van der Waals surface area contributed by atoms with Gasteiger partial charge in [0, 0.05) is 5.92 Å². The summed E-state index contributed by atoms with van der Waals surface area (Å²) >= 11 is 0. The summed E-state index contributed by atoms with van der Waals surface area (Å²) in [5, 5.41) is 11.8. The number of benzene rings is 2. The SMILES string of the molecule is Cc1ccccc1CC(C)C(=O)Nc1ccccc1C(=O)O. The minimum atomic E-state index is -1.05. The van der Waals surface area contributed by atoms with Crippen molar-refractivity contribution in [2.45, 2.75) is 20.3 Å². The number of aryl methyl sites for hydroxylation is 1. The Morgan fingerprint density at radius 3 is 2.41 bits per heavy atom. The highest BCUT2D eigenvalue weighted by atomic mass is 16.4. The second-order valence-corrected chi connectivity index (χ2v) is 5.37. The number of hydrogen-bond donors (Lipinski definition) is 2. The van der Waals surface area contributed by atoms with E-state index < -0.39 is 5.97 Å². The van der Waals surface area contributed by atoms with Crippen molar-refractivity contribution >= 4 is 17.6 Å². The number of amides is 1. The fourth-order valence-corrected chi connectivity index (χ4v) is 2.30. The number of nitrogens with one attached hydrogen (secondary N) is 1. The molecule has 0 aromatic heterocycles. The summed E-state index contributed by atoms with van der Waals surface area (Å²) in [6.07, 6.45) is 0.619. The molecule has 0 aliphatic rings. The first-order chi connectivity index (χ1) is 10.5. The van der Waals surface area contributed by atoms with Crippen molar-refractivity contribution in [3.05, 3.63) is 65.2 Å². The number of anilines is 1. The van der Waals surface area contributed by atoms with Gasteiger partial charge < -0.3 is 10.4 Å². The molecule has 0 radical (unpaired) electrons. The molecule has 0 bridgehead atoms. The Morgan fingerprint density at radius 2 is 1.73 bits per heavy atom. The van der Waals surface area contributed by atoms with Gasteiger partial charge in [-0.3, -0.25) is 4.79 Å². The zero-order valence-electron chi connectivity index (χ0n) is 12.7. The molecule has 1 unspecified atom stereocenters. The number of aromatic carboxylic acids is 1. The van der Waals surface area contributed by atoms with Crippen LogP contribution in [0, 0.1) is 12.8 Å². The van der Waals surface area contributed by atoms with Gasteiger partial charge in [-0.05, 0) is 36.6 Å². The van der Waals surface area contributed by atoms with Gasteiger partial charge in [0.05, 0.1) is 11.3 Å². The predicted octanol–water partition coefficient (Wildman–Crippen LogP) is 3.51. The predicted molar refractivity (Wildman–Crippen MR) is 86.1 cm³/mol. The van der Waals surface area contributed by atoms with Crippen LogP contribution in [0.1, 0.15) is 28.4 Å². The Kier molecular flexibility index (Phi) is 4.94. The van der Waals surface area contributed by atoms with E-state index >= 15 is 0 Å². The zero-order chi connectivity index (χ0) is 16.1. The minimum Gasteiger partial charge on any atom is -0.478 e. The average Bonchev–Trinajstić information content (AvgIpc) is 2.49. The number of carboxylic acid groups (broad SMARTS) is 1. The monoisotopic (exact) mass is 297 g/mol. The van der Waals surface area contributed by atoms with Crippen molar-refractivity contribution in [2.75, 3.05) is 5.32 Å². The van der Waals surface area contributed by atoms with E-state index in [0.717, 1.165) is 11.1 Å². The molecule has 2 rings (SSSR count).